The molecule has 3 heterocycles. The predicted octanol–water partition coefficient (Wildman–Crippen LogP) is 0.835. The average molecular weight is 432 g/mol. The highest BCUT2D eigenvalue weighted by Gasteiger charge is 2.39. The van der Waals surface area contributed by atoms with Crippen LogP contribution in [-0.2, 0) is 25.5 Å². The Morgan fingerprint density at radius 2 is 1.68 bits per heavy atom. The number of benzene rings is 1. The minimum absolute atomic E-state index is 0.0301. The maximum Gasteiger partial charge on any atom is 0.234 e. The molecule has 2 amide bonds. The molecule has 3 saturated heterocycles. The van der Waals surface area contributed by atoms with Gasteiger partial charge in [0.25, 0.3) is 0 Å². The number of carbonyl (C=O) groups is 2. The molecule has 4 rings (SSSR count). The fraction of sp³-hybridized carbons (Fsp3) is 0.652. The van der Waals surface area contributed by atoms with E-state index in [9.17, 15) is 9.59 Å². The van der Waals surface area contributed by atoms with Crippen molar-refractivity contribution in [1.29, 1.82) is 0 Å². The lowest BCUT2D eigenvalue weighted by atomic mass is 10.1. The highest BCUT2D eigenvalue weighted by atomic mass is 16.6. The van der Waals surface area contributed by atoms with E-state index in [1.165, 1.54) is 19.3 Å². The Bertz CT molecular complexity index is 734. The molecular formula is C23H33N3O5. The molecule has 0 aliphatic carbocycles. The lowest BCUT2D eigenvalue weighted by molar-refractivity contribution is -0.130. The first-order chi connectivity index (χ1) is 15.1. The molecule has 0 unspecified atom stereocenters. The van der Waals surface area contributed by atoms with Crippen LogP contribution in [0.5, 0.6) is 5.75 Å². The summed E-state index contributed by atoms with van der Waals surface area (Å²) in [4.78, 5) is 29.1. The van der Waals surface area contributed by atoms with Gasteiger partial charge in [0, 0.05) is 13.1 Å². The van der Waals surface area contributed by atoms with Crippen LogP contribution in [0.4, 0.5) is 0 Å². The topological polar surface area (TPSA) is 80.3 Å². The summed E-state index contributed by atoms with van der Waals surface area (Å²) in [5.41, 5.74) is 0.955. The van der Waals surface area contributed by atoms with Crippen LogP contribution in [0.1, 0.15) is 24.8 Å². The van der Waals surface area contributed by atoms with Crippen molar-refractivity contribution < 1.29 is 23.8 Å². The van der Waals surface area contributed by atoms with Crippen molar-refractivity contribution in [3.05, 3.63) is 29.8 Å². The molecule has 0 aromatic heterocycles. The largest absolute Gasteiger partial charge is 0.497 e. The van der Waals surface area contributed by atoms with E-state index in [4.69, 9.17) is 14.2 Å². The molecule has 0 saturated carbocycles. The van der Waals surface area contributed by atoms with Crippen LogP contribution in [0.3, 0.4) is 0 Å². The van der Waals surface area contributed by atoms with Gasteiger partial charge in [-0.1, -0.05) is 18.6 Å². The van der Waals surface area contributed by atoms with Gasteiger partial charge < -0.3 is 24.4 Å². The standard InChI is InChI=1S/C23H33N3O5/c1-29-19-7-5-17(6-8-19)11-23(28)26-12-20-21(13-26)31-16-18(15-30-20)24-22(27)14-25-9-3-2-4-10-25/h5-8,18,20-21H,2-4,9-16H2,1H3,(H,24,27)/t20-,21-/m0/s1. The summed E-state index contributed by atoms with van der Waals surface area (Å²) in [6, 6.07) is 7.40. The molecule has 31 heavy (non-hydrogen) atoms. The van der Waals surface area contributed by atoms with Crippen LogP contribution >= 0.6 is 0 Å². The zero-order valence-electron chi connectivity index (χ0n) is 18.3. The van der Waals surface area contributed by atoms with Crippen molar-refractivity contribution in [2.45, 2.75) is 43.9 Å². The van der Waals surface area contributed by atoms with Crippen LogP contribution in [0.25, 0.3) is 0 Å². The van der Waals surface area contributed by atoms with Crippen LogP contribution in [-0.4, -0.2) is 92.9 Å². The SMILES string of the molecule is COc1ccc(CC(=O)N2C[C@@H]3OCC(NC(=O)CN4CCCCC4)CO[C@H]3C2)cc1. The summed E-state index contributed by atoms with van der Waals surface area (Å²) in [5.74, 6) is 0.873. The van der Waals surface area contributed by atoms with Gasteiger partial charge in [-0.3, -0.25) is 14.5 Å². The zero-order valence-corrected chi connectivity index (χ0v) is 18.3. The first-order valence-electron chi connectivity index (χ1n) is 11.3. The minimum atomic E-state index is -0.149. The van der Waals surface area contributed by atoms with E-state index >= 15 is 0 Å². The van der Waals surface area contributed by atoms with E-state index in [-0.39, 0.29) is 30.1 Å². The van der Waals surface area contributed by atoms with Gasteiger partial charge >= 0.3 is 0 Å². The first-order valence-corrected chi connectivity index (χ1v) is 11.3. The Morgan fingerprint density at radius 3 is 2.29 bits per heavy atom. The second-order valence-corrected chi connectivity index (χ2v) is 8.67. The number of carbonyl (C=O) groups excluding carboxylic acids is 2. The summed E-state index contributed by atoms with van der Waals surface area (Å²) >= 11 is 0. The highest BCUT2D eigenvalue weighted by molar-refractivity contribution is 5.79. The molecule has 0 spiro atoms. The van der Waals surface area contributed by atoms with E-state index in [0.29, 0.717) is 39.3 Å². The maximum atomic E-state index is 12.7. The van der Waals surface area contributed by atoms with Crippen LogP contribution < -0.4 is 10.1 Å². The van der Waals surface area contributed by atoms with Gasteiger partial charge in [-0.25, -0.2) is 0 Å². The first kappa shape index (κ1) is 22.0. The molecule has 2 atom stereocenters. The molecular weight excluding hydrogens is 398 g/mol. The van der Waals surface area contributed by atoms with Crippen molar-refractivity contribution in [2.24, 2.45) is 0 Å². The van der Waals surface area contributed by atoms with Gasteiger partial charge in [-0.2, -0.15) is 0 Å². The van der Waals surface area contributed by atoms with Crippen LogP contribution in [0.15, 0.2) is 24.3 Å². The van der Waals surface area contributed by atoms with Crippen molar-refractivity contribution in [3.63, 3.8) is 0 Å². The van der Waals surface area contributed by atoms with Crippen molar-refractivity contribution in [3.8, 4) is 5.75 Å². The Morgan fingerprint density at radius 1 is 1.03 bits per heavy atom. The smallest absolute Gasteiger partial charge is 0.234 e. The van der Waals surface area contributed by atoms with Crippen LogP contribution in [0, 0.1) is 0 Å². The lowest BCUT2D eigenvalue weighted by Gasteiger charge is -2.26. The van der Waals surface area contributed by atoms with E-state index in [2.05, 4.69) is 10.2 Å². The predicted molar refractivity (Wildman–Crippen MR) is 115 cm³/mol. The Balaban J connectivity index is 1.21. The maximum absolute atomic E-state index is 12.7. The quantitative estimate of drug-likeness (QED) is 0.719. The van der Waals surface area contributed by atoms with E-state index in [1.807, 2.05) is 29.2 Å². The van der Waals surface area contributed by atoms with Gasteiger partial charge in [-0.15, -0.1) is 0 Å². The summed E-state index contributed by atoms with van der Waals surface area (Å²) in [6.07, 6.45) is 3.64. The number of piperidine rings is 1. The molecule has 8 nitrogen and oxygen atoms in total. The Labute approximate surface area is 183 Å². The number of hydrogen-bond acceptors (Lipinski definition) is 6. The Kier molecular flexibility index (Phi) is 7.42. The van der Waals surface area contributed by atoms with Gasteiger partial charge in [0.05, 0.1) is 39.3 Å². The number of rotatable bonds is 6. The van der Waals surface area contributed by atoms with Crippen molar-refractivity contribution in [2.75, 3.05) is 53.0 Å². The molecule has 170 valence electrons. The fourth-order valence-corrected chi connectivity index (χ4v) is 4.50. The van der Waals surface area contributed by atoms with Crippen LogP contribution in [0.2, 0.25) is 0 Å². The summed E-state index contributed by atoms with van der Waals surface area (Å²) in [6.45, 7) is 4.30. The number of hydrogen-bond donors (Lipinski definition) is 1. The molecule has 1 N–H and O–H groups in total. The van der Waals surface area contributed by atoms with E-state index in [0.717, 1.165) is 24.4 Å². The second-order valence-electron chi connectivity index (χ2n) is 8.67. The van der Waals surface area contributed by atoms with Gasteiger partial charge in [0.15, 0.2) is 0 Å². The third kappa shape index (κ3) is 5.96. The van der Waals surface area contributed by atoms with E-state index in [1.54, 1.807) is 7.11 Å². The fourth-order valence-electron chi connectivity index (χ4n) is 4.50. The summed E-state index contributed by atoms with van der Waals surface area (Å²) in [7, 11) is 1.62. The van der Waals surface area contributed by atoms with Gasteiger partial charge in [-0.05, 0) is 43.6 Å². The Hall–Kier alpha value is -2.16. The second kappa shape index (κ2) is 10.4. The average Bonchev–Trinajstić information content (AvgIpc) is 3.11. The molecule has 3 aliphatic heterocycles. The molecule has 1 aromatic carbocycles. The molecule has 3 fully saturated rings. The highest BCUT2D eigenvalue weighted by Crippen LogP contribution is 2.21. The number of ether oxygens (including phenoxy) is 3. The number of methoxy groups -OCH3 is 1. The summed E-state index contributed by atoms with van der Waals surface area (Å²) in [5, 5.41) is 3.05. The number of nitrogens with one attached hydrogen (secondary N) is 1. The summed E-state index contributed by atoms with van der Waals surface area (Å²) < 4.78 is 17.2. The number of amides is 2. The zero-order chi connectivity index (χ0) is 21.6. The number of nitrogens with zero attached hydrogens (tertiary/aromatic N) is 2. The lowest BCUT2D eigenvalue weighted by Crippen LogP contribution is -2.46. The molecule has 8 heteroatoms. The molecule has 1 aromatic rings. The van der Waals surface area contributed by atoms with Crippen molar-refractivity contribution >= 4 is 11.8 Å². The van der Waals surface area contributed by atoms with Gasteiger partial charge in [0.2, 0.25) is 11.8 Å². The molecule has 0 radical (unpaired) electrons. The van der Waals surface area contributed by atoms with Crippen molar-refractivity contribution in [1.82, 2.24) is 15.1 Å². The molecule has 0 bridgehead atoms. The number of fused-ring (bicyclic) bond motifs is 1. The number of likely N-dealkylation sites (tertiary alicyclic amines) is 2. The minimum Gasteiger partial charge on any atom is -0.497 e. The van der Waals surface area contributed by atoms with E-state index < -0.39 is 0 Å². The third-order valence-electron chi connectivity index (χ3n) is 6.29. The van der Waals surface area contributed by atoms with Gasteiger partial charge in [0.1, 0.15) is 18.0 Å². The monoisotopic (exact) mass is 431 g/mol. The molecule has 3 aliphatic rings. The normalized spacial score (nSPS) is 25.0. The third-order valence-corrected chi connectivity index (χ3v) is 6.29.